The number of Topliss-reactive ketones (excluding diaryl/α,β-unsaturated/α-hetero) is 1. The van der Waals surface area contributed by atoms with Crippen molar-refractivity contribution in [2.75, 3.05) is 0 Å². The summed E-state index contributed by atoms with van der Waals surface area (Å²) in [6.45, 7) is 1.09. The average Bonchev–Trinajstić information content (AvgIpc) is 2.17. The smallest absolute Gasteiger partial charge is 0.332 e. The van der Waals surface area contributed by atoms with Gasteiger partial charge >= 0.3 is 5.97 Å². The highest BCUT2D eigenvalue weighted by Gasteiger charge is 2.39. The molecule has 0 heterocycles. The molecule has 1 atom stereocenters. The van der Waals surface area contributed by atoms with Gasteiger partial charge in [-0.25, -0.2) is 9.18 Å². The van der Waals surface area contributed by atoms with E-state index in [1.807, 2.05) is 0 Å². The molecule has 1 aromatic rings. The van der Waals surface area contributed by atoms with E-state index in [0.717, 1.165) is 19.1 Å². The molecule has 1 aromatic carbocycles. The van der Waals surface area contributed by atoms with Crippen LogP contribution in [-0.2, 0) is 4.79 Å². The van der Waals surface area contributed by atoms with E-state index in [1.54, 1.807) is 0 Å². The van der Waals surface area contributed by atoms with Gasteiger partial charge in [0.25, 0.3) is 0 Å². The Morgan fingerprint density at radius 1 is 1.33 bits per heavy atom. The van der Waals surface area contributed by atoms with E-state index in [1.165, 1.54) is 12.1 Å². The molecule has 0 aliphatic carbocycles. The van der Waals surface area contributed by atoms with Crippen molar-refractivity contribution in [2.45, 2.75) is 11.8 Å². The van der Waals surface area contributed by atoms with Crippen LogP contribution in [0.3, 0.4) is 0 Å². The van der Waals surface area contributed by atoms with Gasteiger partial charge in [-0.3, -0.25) is 4.79 Å². The predicted molar refractivity (Wildman–Crippen MR) is 52.6 cm³/mol. The zero-order valence-corrected chi connectivity index (χ0v) is 8.58. The number of carbonyl (C=O) groups is 2. The summed E-state index contributed by atoms with van der Waals surface area (Å²) < 4.78 is 12.5. The maximum Gasteiger partial charge on any atom is 0.332 e. The van der Waals surface area contributed by atoms with E-state index in [2.05, 4.69) is 0 Å². The summed E-state index contributed by atoms with van der Waals surface area (Å²) in [7, 11) is 0. The van der Waals surface area contributed by atoms with Crippen LogP contribution in [0, 0.1) is 5.82 Å². The number of alkyl halides is 1. The zero-order valence-electron chi connectivity index (χ0n) is 7.83. The van der Waals surface area contributed by atoms with Gasteiger partial charge in [0, 0.05) is 5.56 Å². The van der Waals surface area contributed by atoms with Crippen LogP contribution in [0.15, 0.2) is 24.3 Å². The minimum absolute atomic E-state index is 0.0660. The lowest BCUT2D eigenvalue weighted by molar-refractivity contribution is -0.138. The van der Waals surface area contributed by atoms with Crippen molar-refractivity contribution in [3.8, 4) is 0 Å². The Labute approximate surface area is 90.5 Å². The fourth-order valence-corrected chi connectivity index (χ4v) is 1.08. The zero-order chi connectivity index (χ0) is 11.6. The molecule has 3 nitrogen and oxygen atoms in total. The number of hydrogen-bond acceptors (Lipinski definition) is 2. The SMILES string of the molecule is CC(Cl)(C(=O)O)C(=O)c1ccc(F)cc1. The quantitative estimate of drug-likeness (QED) is 0.491. The predicted octanol–water partition coefficient (Wildman–Crippen LogP) is 2.09. The molecule has 1 N–H and O–H groups in total. The number of ketones is 1. The van der Waals surface area contributed by atoms with Crippen molar-refractivity contribution in [1.29, 1.82) is 0 Å². The summed E-state index contributed by atoms with van der Waals surface area (Å²) in [5.41, 5.74) is 0.0660. The molecular formula is C10H8ClFO3. The molecule has 0 aliphatic rings. The number of carbonyl (C=O) groups excluding carboxylic acids is 1. The molecule has 0 saturated heterocycles. The van der Waals surface area contributed by atoms with Gasteiger partial charge in [-0.15, -0.1) is 0 Å². The molecule has 0 aromatic heterocycles. The Kier molecular flexibility index (Phi) is 3.09. The van der Waals surface area contributed by atoms with Crippen LogP contribution in [0.2, 0.25) is 0 Å². The van der Waals surface area contributed by atoms with E-state index in [-0.39, 0.29) is 5.56 Å². The molecule has 5 heteroatoms. The molecule has 0 bridgehead atoms. The molecule has 0 fully saturated rings. The summed E-state index contributed by atoms with van der Waals surface area (Å²) in [5, 5.41) is 8.70. The molecule has 0 spiro atoms. The second-order valence-corrected chi connectivity index (χ2v) is 3.90. The molecule has 0 aliphatic heterocycles. The Balaban J connectivity index is 3.05. The lowest BCUT2D eigenvalue weighted by Crippen LogP contribution is -2.37. The van der Waals surface area contributed by atoms with Gasteiger partial charge in [0.2, 0.25) is 4.87 Å². The molecular weight excluding hydrogens is 223 g/mol. The average molecular weight is 231 g/mol. The molecule has 80 valence electrons. The van der Waals surface area contributed by atoms with Crippen LogP contribution in [0.5, 0.6) is 0 Å². The van der Waals surface area contributed by atoms with E-state index in [0.29, 0.717) is 0 Å². The van der Waals surface area contributed by atoms with Gasteiger partial charge in [0.05, 0.1) is 0 Å². The van der Waals surface area contributed by atoms with Crippen LogP contribution in [0.1, 0.15) is 17.3 Å². The molecule has 0 saturated carbocycles. The Morgan fingerprint density at radius 3 is 2.20 bits per heavy atom. The summed E-state index contributed by atoms with van der Waals surface area (Å²) in [4.78, 5) is 20.2. The van der Waals surface area contributed by atoms with Gasteiger partial charge in [-0.1, -0.05) is 11.6 Å². The molecule has 1 rings (SSSR count). The van der Waals surface area contributed by atoms with Gasteiger partial charge in [0.1, 0.15) is 5.82 Å². The summed E-state index contributed by atoms with van der Waals surface area (Å²) in [6.07, 6.45) is 0. The third kappa shape index (κ3) is 2.33. The van der Waals surface area contributed by atoms with Crippen molar-refractivity contribution < 1.29 is 19.1 Å². The third-order valence-electron chi connectivity index (χ3n) is 1.93. The number of carboxylic acids is 1. The largest absolute Gasteiger partial charge is 0.480 e. The highest BCUT2D eigenvalue weighted by molar-refractivity contribution is 6.47. The monoisotopic (exact) mass is 230 g/mol. The van der Waals surface area contributed by atoms with E-state index in [4.69, 9.17) is 16.7 Å². The number of hydrogen-bond donors (Lipinski definition) is 1. The fraction of sp³-hybridized carbons (Fsp3) is 0.200. The van der Waals surface area contributed by atoms with Crippen molar-refractivity contribution in [3.63, 3.8) is 0 Å². The number of aliphatic carboxylic acids is 1. The maximum absolute atomic E-state index is 12.5. The highest BCUT2D eigenvalue weighted by atomic mass is 35.5. The summed E-state index contributed by atoms with van der Waals surface area (Å²) in [5.74, 6) is -2.70. The first-order valence-corrected chi connectivity index (χ1v) is 4.46. The molecule has 0 amide bonds. The molecule has 0 radical (unpaired) electrons. The van der Waals surface area contributed by atoms with Gasteiger partial charge in [0.15, 0.2) is 5.78 Å². The maximum atomic E-state index is 12.5. The van der Waals surface area contributed by atoms with Crippen molar-refractivity contribution in [1.82, 2.24) is 0 Å². The fourth-order valence-electron chi connectivity index (χ4n) is 0.969. The first-order valence-electron chi connectivity index (χ1n) is 4.08. The second-order valence-electron chi connectivity index (χ2n) is 3.14. The van der Waals surface area contributed by atoms with E-state index in [9.17, 15) is 14.0 Å². The number of benzene rings is 1. The van der Waals surface area contributed by atoms with Crippen LogP contribution in [-0.4, -0.2) is 21.7 Å². The Bertz CT molecular complexity index is 398. The Hall–Kier alpha value is -1.42. The summed E-state index contributed by atoms with van der Waals surface area (Å²) >= 11 is 5.55. The minimum atomic E-state index is -2.02. The first kappa shape index (κ1) is 11.7. The van der Waals surface area contributed by atoms with Gasteiger partial charge in [-0.05, 0) is 31.2 Å². The van der Waals surface area contributed by atoms with Crippen LogP contribution in [0.25, 0.3) is 0 Å². The Morgan fingerprint density at radius 2 is 1.80 bits per heavy atom. The second kappa shape index (κ2) is 3.98. The van der Waals surface area contributed by atoms with Gasteiger partial charge in [-0.2, -0.15) is 0 Å². The van der Waals surface area contributed by atoms with E-state index < -0.39 is 22.4 Å². The molecule has 15 heavy (non-hydrogen) atoms. The van der Waals surface area contributed by atoms with Crippen LogP contribution < -0.4 is 0 Å². The standard InChI is InChI=1S/C10H8ClFO3/c1-10(11,9(14)15)8(13)6-2-4-7(12)5-3-6/h2-5H,1H3,(H,14,15). The number of carboxylic acid groups (broad SMARTS) is 1. The van der Waals surface area contributed by atoms with Crippen molar-refractivity contribution in [3.05, 3.63) is 35.6 Å². The van der Waals surface area contributed by atoms with Gasteiger partial charge < -0.3 is 5.11 Å². The normalized spacial score (nSPS) is 14.3. The van der Waals surface area contributed by atoms with Crippen LogP contribution >= 0.6 is 11.6 Å². The first-order chi connectivity index (χ1) is 6.85. The topological polar surface area (TPSA) is 54.4 Å². The minimum Gasteiger partial charge on any atom is -0.480 e. The summed E-state index contributed by atoms with van der Waals surface area (Å²) in [6, 6.07) is 4.53. The lowest BCUT2D eigenvalue weighted by atomic mass is 9.99. The molecule has 1 unspecified atom stereocenters. The van der Waals surface area contributed by atoms with Crippen molar-refractivity contribution >= 4 is 23.4 Å². The highest BCUT2D eigenvalue weighted by Crippen LogP contribution is 2.21. The third-order valence-corrected chi connectivity index (χ3v) is 2.27. The number of rotatable bonds is 3. The lowest BCUT2D eigenvalue weighted by Gasteiger charge is -2.14. The van der Waals surface area contributed by atoms with Crippen molar-refractivity contribution in [2.24, 2.45) is 0 Å². The number of halogens is 2. The van der Waals surface area contributed by atoms with E-state index >= 15 is 0 Å². The van der Waals surface area contributed by atoms with Crippen LogP contribution in [0.4, 0.5) is 4.39 Å².